The summed E-state index contributed by atoms with van der Waals surface area (Å²) in [5.41, 5.74) is 0.775. The fraction of sp³-hybridized carbons (Fsp3) is 0.250. The highest BCUT2D eigenvalue weighted by atomic mass is 32.1. The third-order valence-electron chi connectivity index (χ3n) is 2.73. The molecule has 4 nitrogen and oxygen atoms in total. The van der Waals surface area contributed by atoms with Gasteiger partial charge in [0.1, 0.15) is 13.2 Å². The smallest absolute Gasteiger partial charge is 0.161 e. The second-order valence-corrected chi connectivity index (χ2v) is 5.33. The largest absolute Gasteiger partial charge is 0.493 e. The highest BCUT2D eigenvalue weighted by molar-refractivity contribution is 7.12. The minimum Gasteiger partial charge on any atom is -0.493 e. The fourth-order valence-electron chi connectivity index (χ4n) is 1.73. The summed E-state index contributed by atoms with van der Waals surface area (Å²) in [5.74, 6) is 6.70. The molecule has 0 aliphatic heterocycles. The number of ether oxygens (including phenoxy) is 2. The first kappa shape index (κ1) is 15.4. The van der Waals surface area contributed by atoms with Gasteiger partial charge in [-0.15, -0.1) is 11.3 Å². The summed E-state index contributed by atoms with van der Waals surface area (Å²) in [6.45, 7) is 0.243. The van der Waals surface area contributed by atoms with Crippen molar-refractivity contribution in [3.8, 4) is 23.3 Å². The predicted octanol–water partition coefficient (Wildman–Crippen LogP) is 2.17. The van der Waals surface area contributed by atoms with Gasteiger partial charge in [0.05, 0.1) is 18.6 Å². The molecule has 21 heavy (non-hydrogen) atoms. The SMILES string of the molecule is COc1cc(CO)ccc1OCc1ccc(C#CCO)s1. The lowest BCUT2D eigenvalue weighted by molar-refractivity contribution is 0.275. The van der Waals surface area contributed by atoms with Crippen LogP contribution in [0.3, 0.4) is 0 Å². The highest BCUT2D eigenvalue weighted by Gasteiger charge is 2.07. The lowest BCUT2D eigenvalue weighted by Gasteiger charge is -2.10. The summed E-state index contributed by atoms with van der Waals surface area (Å²) in [5, 5.41) is 17.8. The topological polar surface area (TPSA) is 58.9 Å². The van der Waals surface area contributed by atoms with Crippen molar-refractivity contribution < 1.29 is 19.7 Å². The van der Waals surface area contributed by atoms with Gasteiger partial charge in [-0.25, -0.2) is 0 Å². The first-order valence-electron chi connectivity index (χ1n) is 6.36. The lowest BCUT2D eigenvalue weighted by atomic mass is 10.2. The molecule has 0 amide bonds. The Kier molecular flexibility index (Phi) is 5.64. The maximum absolute atomic E-state index is 9.10. The standard InChI is InChI=1S/C16H16O4S/c1-19-16-9-12(10-18)4-7-15(16)20-11-14-6-5-13(21-14)3-2-8-17/h4-7,9,17-18H,8,10-11H2,1H3. The van der Waals surface area contributed by atoms with Crippen molar-refractivity contribution in [3.63, 3.8) is 0 Å². The Hall–Kier alpha value is -2.00. The molecule has 0 saturated carbocycles. The predicted molar refractivity (Wildman–Crippen MR) is 81.5 cm³/mol. The molecule has 0 radical (unpaired) electrons. The Balaban J connectivity index is 2.04. The van der Waals surface area contributed by atoms with Crippen LogP contribution in [0.5, 0.6) is 11.5 Å². The number of hydrogen-bond donors (Lipinski definition) is 2. The first-order valence-corrected chi connectivity index (χ1v) is 7.17. The summed E-state index contributed by atoms with van der Waals surface area (Å²) in [6, 6.07) is 9.18. The molecule has 0 unspecified atom stereocenters. The van der Waals surface area contributed by atoms with E-state index >= 15 is 0 Å². The van der Waals surface area contributed by atoms with Crippen LogP contribution >= 0.6 is 11.3 Å². The van der Waals surface area contributed by atoms with Crippen LogP contribution in [0.15, 0.2) is 30.3 Å². The Morgan fingerprint density at radius 3 is 2.71 bits per heavy atom. The number of methoxy groups -OCH3 is 1. The summed E-state index contributed by atoms with van der Waals surface area (Å²) >= 11 is 1.52. The van der Waals surface area contributed by atoms with Crippen molar-refractivity contribution >= 4 is 11.3 Å². The molecule has 0 fully saturated rings. The Morgan fingerprint density at radius 2 is 2.00 bits per heavy atom. The van der Waals surface area contributed by atoms with Crippen LogP contribution in [0.25, 0.3) is 0 Å². The number of hydrogen-bond acceptors (Lipinski definition) is 5. The molecule has 0 saturated heterocycles. The Morgan fingerprint density at radius 1 is 1.14 bits per heavy atom. The quantitative estimate of drug-likeness (QED) is 0.831. The van der Waals surface area contributed by atoms with Gasteiger partial charge in [-0.3, -0.25) is 0 Å². The van der Waals surface area contributed by atoms with Gasteiger partial charge in [-0.2, -0.15) is 0 Å². The van der Waals surface area contributed by atoms with E-state index in [1.807, 2.05) is 12.1 Å². The van der Waals surface area contributed by atoms with Crippen LogP contribution in [-0.4, -0.2) is 23.9 Å². The van der Waals surface area contributed by atoms with Crippen LogP contribution in [0.4, 0.5) is 0 Å². The van der Waals surface area contributed by atoms with Gasteiger partial charge < -0.3 is 19.7 Å². The molecular formula is C16H16O4S. The molecule has 2 rings (SSSR count). The summed E-state index contributed by atoms with van der Waals surface area (Å²) in [7, 11) is 1.57. The zero-order chi connectivity index (χ0) is 15.1. The van der Waals surface area contributed by atoms with Crippen molar-refractivity contribution in [2.24, 2.45) is 0 Å². The molecule has 0 aliphatic carbocycles. The maximum atomic E-state index is 9.10. The van der Waals surface area contributed by atoms with E-state index in [1.165, 1.54) is 11.3 Å². The number of benzene rings is 1. The van der Waals surface area contributed by atoms with Gasteiger partial charge in [0.15, 0.2) is 11.5 Å². The number of rotatable bonds is 5. The van der Waals surface area contributed by atoms with Crippen LogP contribution in [-0.2, 0) is 13.2 Å². The van der Waals surface area contributed by atoms with Gasteiger partial charge in [0, 0.05) is 4.88 Å². The second-order valence-electron chi connectivity index (χ2n) is 4.16. The number of thiophene rings is 1. The van der Waals surface area contributed by atoms with E-state index in [-0.39, 0.29) is 13.2 Å². The van der Waals surface area contributed by atoms with Gasteiger partial charge in [0.25, 0.3) is 0 Å². The van der Waals surface area contributed by atoms with Crippen molar-refractivity contribution in [2.45, 2.75) is 13.2 Å². The molecule has 2 aromatic rings. The average molecular weight is 304 g/mol. The van der Waals surface area contributed by atoms with Crippen molar-refractivity contribution in [3.05, 3.63) is 45.6 Å². The van der Waals surface area contributed by atoms with E-state index < -0.39 is 0 Å². The minimum atomic E-state index is -0.141. The summed E-state index contributed by atoms with van der Waals surface area (Å²) in [6.07, 6.45) is 0. The first-order chi connectivity index (χ1) is 10.3. The molecule has 5 heteroatoms. The third kappa shape index (κ3) is 4.23. The lowest BCUT2D eigenvalue weighted by Crippen LogP contribution is -1.97. The van der Waals surface area contributed by atoms with E-state index in [4.69, 9.17) is 19.7 Å². The van der Waals surface area contributed by atoms with E-state index in [0.717, 1.165) is 15.3 Å². The molecule has 0 bridgehead atoms. The zero-order valence-electron chi connectivity index (χ0n) is 11.6. The fourth-order valence-corrected chi connectivity index (χ4v) is 2.52. The van der Waals surface area contributed by atoms with Crippen LogP contribution in [0.2, 0.25) is 0 Å². The van der Waals surface area contributed by atoms with Gasteiger partial charge >= 0.3 is 0 Å². The summed E-state index contributed by atoms with van der Waals surface area (Å²) in [4.78, 5) is 1.93. The molecule has 2 N–H and O–H groups in total. The molecule has 0 aliphatic rings. The Bertz CT molecular complexity index is 652. The van der Waals surface area contributed by atoms with Gasteiger partial charge in [-0.1, -0.05) is 17.9 Å². The molecule has 1 aromatic carbocycles. The Labute approximate surface area is 127 Å². The monoisotopic (exact) mass is 304 g/mol. The molecule has 1 aromatic heterocycles. The molecule has 0 atom stereocenters. The molecule has 0 spiro atoms. The normalized spacial score (nSPS) is 9.86. The zero-order valence-corrected chi connectivity index (χ0v) is 12.4. The van der Waals surface area contributed by atoms with E-state index in [1.54, 1.807) is 25.3 Å². The van der Waals surface area contributed by atoms with Gasteiger partial charge in [0.2, 0.25) is 0 Å². The van der Waals surface area contributed by atoms with E-state index in [0.29, 0.717) is 18.1 Å². The van der Waals surface area contributed by atoms with Crippen molar-refractivity contribution in [1.82, 2.24) is 0 Å². The third-order valence-corrected chi connectivity index (χ3v) is 3.71. The number of aliphatic hydroxyl groups is 2. The molecular weight excluding hydrogens is 288 g/mol. The number of aliphatic hydroxyl groups excluding tert-OH is 2. The summed E-state index contributed by atoms with van der Waals surface area (Å²) < 4.78 is 11.0. The minimum absolute atomic E-state index is 0.0333. The maximum Gasteiger partial charge on any atom is 0.161 e. The highest BCUT2D eigenvalue weighted by Crippen LogP contribution is 2.29. The van der Waals surface area contributed by atoms with Crippen molar-refractivity contribution in [1.29, 1.82) is 0 Å². The van der Waals surface area contributed by atoms with E-state index in [2.05, 4.69) is 11.8 Å². The van der Waals surface area contributed by atoms with Crippen LogP contribution in [0, 0.1) is 11.8 Å². The van der Waals surface area contributed by atoms with Crippen LogP contribution in [0.1, 0.15) is 15.3 Å². The average Bonchev–Trinajstić information content (AvgIpc) is 2.98. The second kappa shape index (κ2) is 7.70. The van der Waals surface area contributed by atoms with Crippen molar-refractivity contribution in [2.75, 3.05) is 13.7 Å². The van der Waals surface area contributed by atoms with Crippen LogP contribution < -0.4 is 9.47 Å². The van der Waals surface area contributed by atoms with Gasteiger partial charge in [-0.05, 0) is 29.8 Å². The van der Waals surface area contributed by atoms with E-state index in [9.17, 15) is 0 Å². The molecule has 1 heterocycles. The molecule has 110 valence electrons.